The predicted octanol–water partition coefficient (Wildman–Crippen LogP) is 5.07. The molecular weight excluding hydrogens is 390 g/mol. The summed E-state index contributed by atoms with van der Waals surface area (Å²) >= 11 is 0. The van der Waals surface area contributed by atoms with Crippen LogP contribution in [0.15, 0.2) is 48.0 Å². The number of carbonyl (C=O) groups excluding carboxylic acids is 2. The number of nitrogens with zero attached hydrogens (tertiary/aromatic N) is 1. The summed E-state index contributed by atoms with van der Waals surface area (Å²) in [5, 5.41) is 11.3. The van der Waals surface area contributed by atoms with Crippen molar-refractivity contribution in [2.24, 2.45) is 0 Å². The molecule has 5 nitrogen and oxygen atoms in total. The third kappa shape index (κ3) is 3.85. The summed E-state index contributed by atoms with van der Waals surface area (Å²) in [6.45, 7) is 3.84. The highest BCUT2D eigenvalue weighted by molar-refractivity contribution is 6.46. The SMILES string of the molecule is COc1cccc(C2/C(=C(\O)c3cc(C)ccc3C)C(=O)C(=O)N2C2CCCCC2)c1. The molecule has 0 aromatic heterocycles. The molecule has 1 unspecified atom stereocenters. The molecule has 1 amide bonds. The van der Waals surface area contributed by atoms with Crippen LogP contribution in [0.25, 0.3) is 5.76 Å². The molecule has 0 spiro atoms. The van der Waals surface area contributed by atoms with Crippen molar-refractivity contribution in [3.63, 3.8) is 0 Å². The third-order valence-electron chi connectivity index (χ3n) is 6.51. The van der Waals surface area contributed by atoms with Crippen molar-refractivity contribution in [1.82, 2.24) is 4.90 Å². The van der Waals surface area contributed by atoms with Crippen LogP contribution in [0.5, 0.6) is 5.75 Å². The monoisotopic (exact) mass is 419 g/mol. The number of hydrogen-bond donors (Lipinski definition) is 1. The average Bonchev–Trinajstić information content (AvgIpc) is 3.06. The van der Waals surface area contributed by atoms with Gasteiger partial charge in [0.15, 0.2) is 0 Å². The minimum atomic E-state index is -0.627. The molecule has 2 aliphatic rings. The number of benzene rings is 2. The number of aliphatic hydroxyl groups is 1. The second kappa shape index (κ2) is 8.58. The van der Waals surface area contributed by atoms with Gasteiger partial charge in [-0.2, -0.15) is 0 Å². The molecule has 1 atom stereocenters. The van der Waals surface area contributed by atoms with E-state index < -0.39 is 17.7 Å². The summed E-state index contributed by atoms with van der Waals surface area (Å²) in [6, 6.07) is 12.5. The van der Waals surface area contributed by atoms with E-state index in [1.54, 1.807) is 12.0 Å². The number of aliphatic hydroxyl groups excluding tert-OH is 1. The van der Waals surface area contributed by atoms with Gasteiger partial charge in [0.25, 0.3) is 11.7 Å². The maximum atomic E-state index is 13.3. The fraction of sp³-hybridized carbons (Fsp3) is 0.385. The minimum absolute atomic E-state index is 0.00897. The highest BCUT2D eigenvalue weighted by Crippen LogP contribution is 2.44. The van der Waals surface area contributed by atoms with E-state index in [1.165, 1.54) is 0 Å². The van der Waals surface area contributed by atoms with Crippen LogP contribution in [-0.4, -0.2) is 34.8 Å². The average molecular weight is 420 g/mol. The summed E-state index contributed by atoms with van der Waals surface area (Å²) in [4.78, 5) is 28.2. The van der Waals surface area contributed by atoms with Crippen LogP contribution in [0.1, 0.15) is 60.4 Å². The normalized spacial score (nSPS) is 21.5. The van der Waals surface area contributed by atoms with E-state index >= 15 is 0 Å². The molecule has 0 bridgehead atoms. The van der Waals surface area contributed by atoms with Crippen molar-refractivity contribution in [3.8, 4) is 5.75 Å². The molecule has 31 heavy (non-hydrogen) atoms. The summed E-state index contributed by atoms with van der Waals surface area (Å²) < 4.78 is 5.40. The molecule has 2 aromatic rings. The van der Waals surface area contributed by atoms with Gasteiger partial charge in [0.1, 0.15) is 11.5 Å². The molecule has 5 heteroatoms. The van der Waals surface area contributed by atoms with Crippen LogP contribution in [0.2, 0.25) is 0 Å². The van der Waals surface area contributed by atoms with E-state index in [-0.39, 0.29) is 17.4 Å². The van der Waals surface area contributed by atoms with Gasteiger partial charge in [-0.25, -0.2) is 0 Å². The zero-order chi connectivity index (χ0) is 22.1. The van der Waals surface area contributed by atoms with Crippen LogP contribution in [0, 0.1) is 13.8 Å². The Hall–Kier alpha value is -3.08. The van der Waals surface area contributed by atoms with Gasteiger partial charge in [-0.05, 0) is 56.0 Å². The van der Waals surface area contributed by atoms with Crippen molar-refractivity contribution in [2.45, 2.75) is 58.0 Å². The second-order valence-electron chi connectivity index (χ2n) is 8.59. The van der Waals surface area contributed by atoms with Gasteiger partial charge in [-0.3, -0.25) is 9.59 Å². The van der Waals surface area contributed by atoms with E-state index in [1.807, 2.05) is 56.3 Å². The summed E-state index contributed by atoms with van der Waals surface area (Å²) in [6.07, 6.45) is 4.96. The largest absolute Gasteiger partial charge is 0.507 e. The lowest BCUT2D eigenvalue weighted by Gasteiger charge is -2.35. The molecule has 1 saturated heterocycles. The van der Waals surface area contributed by atoms with Gasteiger partial charge in [-0.15, -0.1) is 0 Å². The van der Waals surface area contributed by atoms with Gasteiger partial charge in [0.2, 0.25) is 0 Å². The number of aryl methyl sites for hydroxylation is 2. The number of rotatable bonds is 4. The molecule has 2 aromatic carbocycles. The number of likely N-dealkylation sites (tertiary alicyclic amines) is 1. The van der Waals surface area contributed by atoms with Gasteiger partial charge >= 0.3 is 0 Å². The fourth-order valence-corrected chi connectivity index (χ4v) is 4.86. The van der Waals surface area contributed by atoms with E-state index in [0.29, 0.717) is 11.3 Å². The standard InChI is InChI=1S/C26H29NO4/c1-16-12-13-17(2)21(14-16)24(28)22-23(18-8-7-11-20(15-18)31-3)27(26(30)25(22)29)19-9-5-4-6-10-19/h7-8,11-15,19,23,28H,4-6,9-10H2,1-3H3/b24-22+. The third-order valence-corrected chi connectivity index (χ3v) is 6.51. The number of amides is 1. The Morgan fingerprint density at radius 3 is 2.48 bits per heavy atom. The first-order valence-corrected chi connectivity index (χ1v) is 10.9. The quantitative estimate of drug-likeness (QED) is 0.427. The van der Waals surface area contributed by atoms with Crippen LogP contribution in [-0.2, 0) is 9.59 Å². The first-order valence-electron chi connectivity index (χ1n) is 10.9. The Bertz CT molecular complexity index is 1050. The van der Waals surface area contributed by atoms with Crippen molar-refractivity contribution in [3.05, 3.63) is 70.3 Å². The van der Waals surface area contributed by atoms with Crippen molar-refractivity contribution in [1.29, 1.82) is 0 Å². The smallest absolute Gasteiger partial charge is 0.295 e. The molecule has 2 fully saturated rings. The molecule has 1 aliphatic carbocycles. The molecular formula is C26H29NO4. The maximum absolute atomic E-state index is 13.3. The number of ether oxygens (including phenoxy) is 1. The minimum Gasteiger partial charge on any atom is -0.507 e. The molecule has 1 heterocycles. The molecule has 162 valence electrons. The Labute approximate surface area is 183 Å². The lowest BCUT2D eigenvalue weighted by molar-refractivity contribution is -0.141. The van der Waals surface area contributed by atoms with Gasteiger partial charge in [0, 0.05) is 11.6 Å². The zero-order valence-corrected chi connectivity index (χ0v) is 18.4. The lowest BCUT2D eigenvalue weighted by atomic mass is 9.90. The maximum Gasteiger partial charge on any atom is 0.295 e. The topological polar surface area (TPSA) is 66.8 Å². The molecule has 1 N–H and O–H groups in total. The van der Waals surface area contributed by atoms with E-state index in [9.17, 15) is 14.7 Å². The van der Waals surface area contributed by atoms with Crippen LogP contribution in [0.4, 0.5) is 0 Å². The first kappa shape index (κ1) is 21.2. The van der Waals surface area contributed by atoms with Crippen LogP contribution < -0.4 is 4.74 Å². The number of ketones is 1. The Balaban J connectivity index is 1.92. The van der Waals surface area contributed by atoms with Crippen molar-refractivity contribution < 1.29 is 19.4 Å². The van der Waals surface area contributed by atoms with Gasteiger partial charge in [0.05, 0.1) is 18.7 Å². The predicted molar refractivity (Wildman–Crippen MR) is 120 cm³/mol. The second-order valence-corrected chi connectivity index (χ2v) is 8.59. The van der Waals surface area contributed by atoms with Gasteiger partial charge in [-0.1, -0.05) is 49.1 Å². The Kier molecular flexibility index (Phi) is 5.86. The van der Waals surface area contributed by atoms with E-state index in [4.69, 9.17) is 4.74 Å². The fourth-order valence-electron chi connectivity index (χ4n) is 4.86. The number of Topliss-reactive ketones (excluding diaryl/α,β-unsaturated/α-hetero) is 1. The highest BCUT2D eigenvalue weighted by atomic mass is 16.5. The lowest BCUT2D eigenvalue weighted by Crippen LogP contribution is -2.40. The van der Waals surface area contributed by atoms with Crippen molar-refractivity contribution >= 4 is 17.4 Å². The number of hydrogen-bond acceptors (Lipinski definition) is 4. The van der Waals surface area contributed by atoms with Crippen LogP contribution >= 0.6 is 0 Å². The number of carbonyl (C=O) groups is 2. The van der Waals surface area contributed by atoms with Crippen LogP contribution in [0.3, 0.4) is 0 Å². The first-order chi connectivity index (χ1) is 14.9. The summed E-state index contributed by atoms with van der Waals surface area (Å²) in [7, 11) is 1.59. The zero-order valence-electron chi connectivity index (χ0n) is 18.4. The Morgan fingerprint density at radius 2 is 1.77 bits per heavy atom. The molecule has 4 rings (SSSR count). The summed E-state index contributed by atoms with van der Waals surface area (Å²) in [5.41, 5.74) is 3.37. The highest BCUT2D eigenvalue weighted by Gasteiger charge is 2.49. The molecule has 1 aliphatic heterocycles. The van der Waals surface area contributed by atoms with E-state index in [0.717, 1.165) is 48.8 Å². The molecule has 1 saturated carbocycles. The van der Waals surface area contributed by atoms with E-state index in [2.05, 4.69) is 0 Å². The van der Waals surface area contributed by atoms with Crippen molar-refractivity contribution in [2.75, 3.05) is 7.11 Å². The van der Waals surface area contributed by atoms with Gasteiger partial charge < -0.3 is 14.7 Å². The summed E-state index contributed by atoms with van der Waals surface area (Å²) in [5.74, 6) is -0.590. The molecule has 0 radical (unpaired) electrons. The number of methoxy groups -OCH3 is 1. The Morgan fingerprint density at radius 1 is 1.03 bits per heavy atom.